The second-order valence-corrected chi connectivity index (χ2v) is 8.00. The van der Waals surface area contributed by atoms with Crippen molar-refractivity contribution in [3.8, 4) is 5.75 Å². The van der Waals surface area contributed by atoms with Crippen molar-refractivity contribution >= 4 is 5.91 Å². The molecule has 28 heavy (non-hydrogen) atoms. The third-order valence-electron chi connectivity index (χ3n) is 5.33. The van der Waals surface area contributed by atoms with Crippen LogP contribution in [0.3, 0.4) is 0 Å². The number of ether oxygens (including phenoxy) is 2. The average Bonchev–Trinajstić information content (AvgIpc) is 3.27. The summed E-state index contributed by atoms with van der Waals surface area (Å²) in [7, 11) is 1.90. The first-order chi connectivity index (χ1) is 13.4. The number of benzene rings is 1. The molecule has 1 aromatic carbocycles. The molecule has 2 heterocycles. The number of nitrogens with zero attached hydrogens (tertiary/aromatic N) is 2. The summed E-state index contributed by atoms with van der Waals surface area (Å²) >= 11 is 0. The highest BCUT2D eigenvalue weighted by Gasteiger charge is 2.37. The van der Waals surface area contributed by atoms with Gasteiger partial charge in [0.15, 0.2) is 0 Å². The monoisotopic (exact) mass is 385 g/mol. The second kappa shape index (κ2) is 8.78. The summed E-state index contributed by atoms with van der Waals surface area (Å²) < 4.78 is 13.4. The Labute approximate surface area is 167 Å². The zero-order valence-corrected chi connectivity index (χ0v) is 17.4. The minimum Gasteiger partial charge on any atom is -0.493 e. The number of hydrogen-bond donors (Lipinski definition) is 1. The molecule has 1 saturated heterocycles. The molecule has 1 aliphatic rings. The quantitative estimate of drug-likeness (QED) is 0.789. The van der Waals surface area contributed by atoms with Crippen LogP contribution >= 0.6 is 0 Å². The topological polar surface area (TPSA) is 65.4 Å². The van der Waals surface area contributed by atoms with E-state index < -0.39 is 0 Å². The van der Waals surface area contributed by atoms with Crippen molar-refractivity contribution in [3.63, 3.8) is 0 Å². The van der Waals surface area contributed by atoms with E-state index in [0.717, 1.165) is 29.0 Å². The van der Waals surface area contributed by atoms with Gasteiger partial charge in [0.2, 0.25) is 5.91 Å². The number of rotatable bonds is 7. The second-order valence-electron chi connectivity index (χ2n) is 8.00. The van der Waals surface area contributed by atoms with E-state index in [1.54, 1.807) is 0 Å². The highest BCUT2D eigenvalue weighted by molar-refractivity contribution is 5.80. The Kier molecular flexibility index (Phi) is 6.39. The van der Waals surface area contributed by atoms with Gasteiger partial charge in [-0.25, -0.2) is 0 Å². The Morgan fingerprint density at radius 2 is 2.04 bits per heavy atom. The fourth-order valence-corrected chi connectivity index (χ4v) is 3.48. The van der Waals surface area contributed by atoms with Gasteiger partial charge < -0.3 is 14.8 Å². The lowest BCUT2D eigenvalue weighted by molar-refractivity contribution is -0.127. The van der Waals surface area contributed by atoms with Crippen molar-refractivity contribution in [3.05, 3.63) is 47.3 Å². The lowest BCUT2D eigenvalue weighted by Gasteiger charge is -2.21. The highest BCUT2D eigenvalue weighted by atomic mass is 16.5. The number of carbonyl (C=O) groups excluding carboxylic acids is 1. The fourth-order valence-electron chi connectivity index (χ4n) is 3.48. The van der Waals surface area contributed by atoms with Crippen LogP contribution in [-0.2, 0) is 16.6 Å². The van der Waals surface area contributed by atoms with Crippen LogP contribution < -0.4 is 10.1 Å². The van der Waals surface area contributed by atoms with Gasteiger partial charge in [0.05, 0.1) is 30.9 Å². The summed E-state index contributed by atoms with van der Waals surface area (Å²) in [6, 6.07) is 7.85. The molecule has 1 fully saturated rings. The summed E-state index contributed by atoms with van der Waals surface area (Å²) in [6.07, 6.45) is 2.30. The van der Waals surface area contributed by atoms with Crippen LogP contribution in [-0.4, -0.2) is 28.9 Å². The van der Waals surface area contributed by atoms with Gasteiger partial charge >= 0.3 is 0 Å². The van der Waals surface area contributed by atoms with E-state index in [-0.39, 0.29) is 24.0 Å². The molecule has 0 unspecified atom stereocenters. The minimum absolute atomic E-state index is 0.0263. The van der Waals surface area contributed by atoms with Crippen molar-refractivity contribution in [1.82, 2.24) is 15.1 Å². The van der Waals surface area contributed by atoms with Crippen molar-refractivity contribution in [2.75, 3.05) is 13.2 Å². The molecule has 6 heteroatoms. The van der Waals surface area contributed by atoms with Crippen LogP contribution in [0.25, 0.3) is 0 Å². The predicted molar refractivity (Wildman–Crippen MR) is 108 cm³/mol. The molecular weight excluding hydrogens is 354 g/mol. The number of amides is 1. The lowest BCUT2D eigenvalue weighted by Crippen LogP contribution is -2.34. The van der Waals surface area contributed by atoms with Crippen molar-refractivity contribution < 1.29 is 14.3 Å². The van der Waals surface area contributed by atoms with E-state index in [1.165, 1.54) is 0 Å². The third-order valence-corrected chi connectivity index (χ3v) is 5.33. The molecule has 6 nitrogen and oxygen atoms in total. The molecule has 1 amide bonds. The van der Waals surface area contributed by atoms with Crippen LogP contribution in [0.2, 0.25) is 0 Å². The molecule has 1 aromatic heterocycles. The molecule has 0 aliphatic carbocycles. The Morgan fingerprint density at radius 1 is 1.32 bits per heavy atom. The molecule has 0 spiro atoms. The van der Waals surface area contributed by atoms with Gasteiger partial charge in [-0.2, -0.15) is 5.10 Å². The number of hydrogen-bond acceptors (Lipinski definition) is 4. The Morgan fingerprint density at radius 3 is 2.64 bits per heavy atom. The first kappa shape index (κ1) is 20.4. The van der Waals surface area contributed by atoms with Crippen LogP contribution in [0.1, 0.15) is 56.2 Å². The van der Waals surface area contributed by atoms with E-state index in [1.807, 2.05) is 56.0 Å². The van der Waals surface area contributed by atoms with Crippen LogP contribution in [0, 0.1) is 18.8 Å². The largest absolute Gasteiger partial charge is 0.493 e. The Bertz CT molecular complexity index is 798. The summed E-state index contributed by atoms with van der Waals surface area (Å²) in [5.74, 6) is 1.17. The van der Waals surface area contributed by atoms with Crippen LogP contribution in [0.5, 0.6) is 5.75 Å². The van der Waals surface area contributed by atoms with Gasteiger partial charge in [-0.15, -0.1) is 0 Å². The molecule has 1 N–H and O–H groups in total. The van der Waals surface area contributed by atoms with E-state index in [0.29, 0.717) is 19.1 Å². The summed E-state index contributed by atoms with van der Waals surface area (Å²) in [5.41, 5.74) is 3.09. The number of aromatic nitrogens is 2. The number of nitrogens with one attached hydrogen (secondary N) is 1. The normalized spacial score (nSPS) is 20.4. The van der Waals surface area contributed by atoms with Gasteiger partial charge in [-0.3, -0.25) is 9.48 Å². The first-order valence-electron chi connectivity index (χ1n) is 10.00. The van der Waals surface area contributed by atoms with Crippen LogP contribution in [0.4, 0.5) is 0 Å². The molecule has 1 aliphatic heterocycles. The van der Waals surface area contributed by atoms with Gasteiger partial charge in [0.1, 0.15) is 5.75 Å². The molecule has 152 valence electrons. The molecule has 0 radical (unpaired) electrons. The van der Waals surface area contributed by atoms with E-state index in [9.17, 15) is 4.79 Å². The Hall–Kier alpha value is -2.34. The molecule has 3 atom stereocenters. The molecule has 2 aromatic rings. The van der Waals surface area contributed by atoms with E-state index in [4.69, 9.17) is 9.47 Å². The van der Waals surface area contributed by atoms with E-state index in [2.05, 4.69) is 24.3 Å². The molecule has 0 saturated carbocycles. The fraction of sp³-hybridized carbons (Fsp3) is 0.545. The van der Waals surface area contributed by atoms with Crippen LogP contribution in [0.15, 0.2) is 30.5 Å². The number of aryl methyl sites for hydroxylation is 1. The van der Waals surface area contributed by atoms with E-state index >= 15 is 0 Å². The summed E-state index contributed by atoms with van der Waals surface area (Å²) in [4.78, 5) is 12.9. The van der Waals surface area contributed by atoms with Crippen molar-refractivity contribution in [2.24, 2.45) is 18.9 Å². The van der Waals surface area contributed by atoms with Gasteiger partial charge in [0, 0.05) is 24.9 Å². The first-order valence-corrected chi connectivity index (χ1v) is 10.00. The Balaban J connectivity index is 1.62. The maximum absolute atomic E-state index is 12.9. The maximum Gasteiger partial charge on any atom is 0.226 e. The van der Waals surface area contributed by atoms with Gasteiger partial charge in [-0.05, 0) is 43.9 Å². The zero-order valence-electron chi connectivity index (χ0n) is 17.4. The summed E-state index contributed by atoms with van der Waals surface area (Å²) in [5, 5.41) is 7.44. The standard InChI is InChI=1S/C22H31N3O3/c1-14(2)13-28-18-8-6-17(7-9-18)15(3)24-22(26)19-10-11-27-21(19)20-12-23-25(5)16(20)4/h6-9,12,14-15,19,21H,10-11,13H2,1-5H3,(H,24,26)/t15-,19+,21+/m1/s1. The SMILES string of the molecule is Cc1c([C@H]2OCC[C@@H]2C(=O)N[C@H](C)c2ccc(OCC(C)C)cc2)cnn1C. The summed E-state index contributed by atoms with van der Waals surface area (Å²) in [6.45, 7) is 9.54. The van der Waals surface area contributed by atoms with Gasteiger partial charge in [0.25, 0.3) is 0 Å². The highest BCUT2D eigenvalue weighted by Crippen LogP contribution is 2.36. The average molecular weight is 386 g/mol. The van der Waals surface area contributed by atoms with Crippen molar-refractivity contribution in [1.29, 1.82) is 0 Å². The zero-order chi connectivity index (χ0) is 20.3. The maximum atomic E-state index is 12.9. The minimum atomic E-state index is -0.229. The molecule has 0 bridgehead atoms. The molecular formula is C22H31N3O3. The predicted octanol–water partition coefficient (Wildman–Crippen LogP) is 3.72. The van der Waals surface area contributed by atoms with Crippen molar-refractivity contribution in [2.45, 2.75) is 46.3 Å². The number of carbonyl (C=O) groups is 1. The van der Waals surface area contributed by atoms with Gasteiger partial charge in [-0.1, -0.05) is 26.0 Å². The smallest absolute Gasteiger partial charge is 0.226 e. The lowest BCUT2D eigenvalue weighted by atomic mass is 9.94. The third kappa shape index (κ3) is 4.55. The molecule has 3 rings (SSSR count).